The fourth-order valence-corrected chi connectivity index (χ4v) is 6.73. The summed E-state index contributed by atoms with van der Waals surface area (Å²) >= 11 is 7.07. The second kappa shape index (κ2) is 14.0. The van der Waals surface area contributed by atoms with Crippen molar-refractivity contribution >= 4 is 43.6 Å². The fraction of sp³-hybridized carbons (Fsp3) is 0.429. The second-order valence-corrected chi connectivity index (χ2v) is 13.6. The monoisotopic (exact) mass is 713 g/mol. The Hall–Kier alpha value is -2.68. The average Bonchev–Trinajstić information content (AvgIpc) is 3.45. The van der Waals surface area contributed by atoms with Gasteiger partial charge >= 0.3 is 0 Å². The summed E-state index contributed by atoms with van der Waals surface area (Å²) in [5, 5.41) is 0. The van der Waals surface area contributed by atoms with Gasteiger partial charge in [0.05, 0.1) is 26.4 Å². The van der Waals surface area contributed by atoms with Crippen molar-refractivity contribution in [2.75, 3.05) is 14.2 Å². The summed E-state index contributed by atoms with van der Waals surface area (Å²) in [7, 11) is 3.30. The molecule has 0 aromatic heterocycles. The molecule has 5 rings (SSSR count). The Morgan fingerprint density at radius 2 is 1.44 bits per heavy atom. The third-order valence-corrected chi connectivity index (χ3v) is 9.90. The Morgan fingerprint density at radius 1 is 0.907 bits per heavy atom. The molecule has 2 aliphatic rings. The lowest BCUT2D eigenvalue weighted by Gasteiger charge is -2.36. The van der Waals surface area contributed by atoms with Crippen molar-refractivity contribution in [1.82, 2.24) is 4.90 Å². The molecule has 230 valence electrons. The Bertz CT molecular complexity index is 1470. The number of amides is 1. The minimum Gasteiger partial charge on any atom is -0.497 e. The third-order valence-electron chi connectivity index (χ3n) is 8.36. The van der Waals surface area contributed by atoms with Gasteiger partial charge in [-0.3, -0.25) is 9.59 Å². The highest BCUT2D eigenvalue weighted by Crippen LogP contribution is 2.48. The van der Waals surface area contributed by atoms with Gasteiger partial charge in [-0.1, -0.05) is 70.0 Å². The van der Waals surface area contributed by atoms with Crippen LogP contribution in [0.3, 0.4) is 0 Å². The summed E-state index contributed by atoms with van der Waals surface area (Å²) in [6.07, 6.45) is 2.28. The van der Waals surface area contributed by atoms with E-state index in [0.717, 1.165) is 44.4 Å². The highest BCUT2D eigenvalue weighted by atomic mass is 79.9. The number of ketones is 1. The molecule has 4 atom stereocenters. The van der Waals surface area contributed by atoms with Crippen LogP contribution in [0.5, 0.6) is 11.5 Å². The molecule has 3 aromatic carbocycles. The van der Waals surface area contributed by atoms with E-state index in [1.165, 1.54) is 11.1 Å². The van der Waals surface area contributed by atoms with Crippen LogP contribution in [-0.4, -0.2) is 42.6 Å². The zero-order valence-corrected chi connectivity index (χ0v) is 29.1. The van der Waals surface area contributed by atoms with E-state index in [4.69, 9.17) is 14.2 Å². The van der Waals surface area contributed by atoms with E-state index in [9.17, 15) is 9.59 Å². The smallest absolute Gasteiger partial charge is 0.228 e. The van der Waals surface area contributed by atoms with Crippen molar-refractivity contribution in [3.63, 3.8) is 0 Å². The van der Waals surface area contributed by atoms with Gasteiger partial charge in [-0.25, -0.2) is 0 Å². The van der Waals surface area contributed by atoms with Gasteiger partial charge < -0.3 is 19.1 Å². The number of halogens is 2. The SMILES string of the molecule is COc1ccc(Br)c(CC(C)C(=O)N2C3c4ccccc4CC3OC2(C)C)c1.COc1ccc(Br)c(C[C@H](C)C(C)=O)c1. The van der Waals surface area contributed by atoms with Gasteiger partial charge in [0.15, 0.2) is 0 Å². The summed E-state index contributed by atoms with van der Waals surface area (Å²) in [5.74, 6) is 1.84. The first-order valence-corrected chi connectivity index (χ1v) is 16.2. The molecule has 6 nitrogen and oxygen atoms in total. The molecule has 0 spiro atoms. The highest BCUT2D eigenvalue weighted by Gasteiger charge is 2.54. The molecule has 0 saturated carbocycles. The van der Waals surface area contributed by atoms with Crippen LogP contribution < -0.4 is 9.47 Å². The van der Waals surface area contributed by atoms with Crippen molar-refractivity contribution < 1.29 is 23.8 Å². The molecule has 1 heterocycles. The number of benzene rings is 3. The summed E-state index contributed by atoms with van der Waals surface area (Å²) in [4.78, 5) is 26.7. The Morgan fingerprint density at radius 3 is 1.98 bits per heavy atom. The molecular formula is C35H41Br2NO5. The average molecular weight is 716 g/mol. The van der Waals surface area contributed by atoms with Gasteiger partial charge in [0, 0.05) is 27.2 Å². The fourth-order valence-electron chi connectivity index (χ4n) is 5.91. The lowest BCUT2D eigenvalue weighted by molar-refractivity contribution is -0.151. The Balaban J connectivity index is 0.000000239. The summed E-state index contributed by atoms with van der Waals surface area (Å²) in [6.45, 7) is 9.56. The van der Waals surface area contributed by atoms with Crippen LogP contribution in [0.25, 0.3) is 0 Å². The maximum atomic E-state index is 13.6. The Kier molecular flexibility index (Phi) is 10.8. The largest absolute Gasteiger partial charge is 0.497 e. The highest BCUT2D eigenvalue weighted by molar-refractivity contribution is 9.10. The summed E-state index contributed by atoms with van der Waals surface area (Å²) in [6, 6.07) is 20.1. The topological polar surface area (TPSA) is 65.1 Å². The molecule has 0 N–H and O–H groups in total. The van der Waals surface area contributed by atoms with E-state index in [-0.39, 0.29) is 35.7 Å². The molecular weight excluding hydrogens is 674 g/mol. The van der Waals surface area contributed by atoms with Crippen LogP contribution in [0.15, 0.2) is 69.6 Å². The minimum atomic E-state index is -0.611. The number of carbonyl (C=O) groups excluding carboxylic acids is 2. The van der Waals surface area contributed by atoms with Gasteiger partial charge in [-0.2, -0.15) is 0 Å². The van der Waals surface area contributed by atoms with E-state index in [0.29, 0.717) is 6.42 Å². The van der Waals surface area contributed by atoms with Gasteiger partial charge in [0.2, 0.25) is 5.91 Å². The molecule has 1 fully saturated rings. The maximum Gasteiger partial charge on any atom is 0.228 e. The summed E-state index contributed by atoms with van der Waals surface area (Å²) in [5.41, 5.74) is 4.08. The maximum absolute atomic E-state index is 13.6. The van der Waals surface area contributed by atoms with Crippen LogP contribution in [-0.2, 0) is 33.6 Å². The lowest BCUT2D eigenvalue weighted by atomic mass is 9.96. The van der Waals surface area contributed by atoms with Crippen molar-refractivity contribution in [3.05, 3.63) is 91.9 Å². The number of rotatable bonds is 8. The molecule has 8 heteroatoms. The van der Waals surface area contributed by atoms with Gasteiger partial charge in [-0.05, 0) is 92.3 Å². The van der Waals surface area contributed by atoms with Crippen molar-refractivity contribution in [2.45, 2.75) is 71.8 Å². The quantitative estimate of drug-likeness (QED) is 0.236. The molecule has 3 unspecified atom stereocenters. The molecule has 1 aliphatic heterocycles. The zero-order chi connectivity index (χ0) is 31.5. The van der Waals surface area contributed by atoms with E-state index < -0.39 is 5.72 Å². The van der Waals surface area contributed by atoms with Gasteiger partial charge in [0.1, 0.15) is 23.0 Å². The predicted molar refractivity (Wildman–Crippen MR) is 176 cm³/mol. The van der Waals surface area contributed by atoms with Crippen LogP contribution in [0.1, 0.15) is 62.9 Å². The van der Waals surface area contributed by atoms with E-state index in [1.54, 1.807) is 21.1 Å². The molecule has 43 heavy (non-hydrogen) atoms. The summed E-state index contributed by atoms with van der Waals surface area (Å²) < 4.78 is 18.8. The predicted octanol–water partition coefficient (Wildman–Crippen LogP) is 8.12. The standard InChI is InChI=1S/C23H26BrNO3.C12H15BrO2/c1-14(11-16-12-17(27-4)9-10-19(16)24)22(26)25-21-18-8-6-5-7-15(18)13-20(21)28-23(25,2)3;1-8(9(2)14)6-10-7-11(15-3)4-5-12(10)13/h5-10,12,14,20-21H,11,13H2,1-4H3;4-5,7-8H,6H2,1-3H3/t;8-/m.0/s1. The van der Waals surface area contributed by atoms with E-state index in [1.807, 2.05) is 75.1 Å². The molecule has 0 radical (unpaired) electrons. The van der Waals surface area contributed by atoms with Crippen molar-refractivity contribution in [3.8, 4) is 11.5 Å². The molecule has 0 bridgehead atoms. The number of ether oxygens (including phenoxy) is 3. The van der Waals surface area contributed by atoms with Gasteiger partial charge in [0.25, 0.3) is 0 Å². The second-order valence-electron chi connectivity index (χ2n) is 11.9. The number of methoxy groups -OCH3 is 2. The van der Waals surface area contributed by atoms with Crippen molar-refractivity contribution in [1.29, 1.82) is 0 Å². The number of fused-ring (bicyclic) bond motifs is 3. The minimum absolute atomic E-state index is 0.00472. The van der Waals surface area contributed by atoms with Crippen LogP contribution in [0, 0.1) is 11.8 Å². The van der Waals surface area contributed by atoms with E-state index >= 15 is 0 Å². The number of hydrogen-bond donors (Lipinski definition) is 0. The number of nitrogens with zero attached hydrogens (tertiary/aromatic N) is 1. The number of Topliss-reactive ketones (excluding diaryl/α,β-unsaturated/α-hetero) is 1. The first-order chi connectivity index (χ1) is 20.4. The molecule has 3 aromatic rings. The Labute approximate surface area is 272 Å². The lowest BCUT2D eigenvalue weighted by Crippen LogP contribution is -2.47. The van der Waals surface area contributed by atoms with Gasteiger partial charge in [-0.15, -0.1) is 0 Å². The van der Waals surface area contributed by atoms with Crippen molar-refractivity contribution in [2.24, 2.45) is 11.8 Å². The normalized spacial score (nSPS) is 19.4. The third kappa shape index (κ3) is 7.52. The first kappa shape index (κ1) is 33.2. The molecule has 1 saturated heterocycles. The van der Waals surface area contributed by atoms with Crippen LogP contribution in [0.4, 0.5) is 0 Å². The number of hydrogen-bond acceptors (Lipinski definition) is 5. The molecule has 1 aliphatic carbocycles. The first-order valence-electron chi connectivity index (χ1n) is 14.6. The zero-order valence-electron chi connectivity index (χ0n) is 25.9. The molecule has 1 amide bonds. The van der Waals surface area contributed by atoms with Crippen LogP contribution in [0.2, 0.25) is 0 Å². The van der Waals surface area contributed by atoms with E-state index in [2.05, 4.69) is 50.1 Å². The van der Waals surface area contributed by atoms with Crippen LogP contribution >= 0.6 is 31.9 Å². The number of carbonyl (C=O) groups is 2.